The molecule has 0 aromatic heterocycles. The summed E-state index contributed by atoms with van der Waals surface area (Å²) in [4.78, 5) is 14.3. The molecule has 0 spiro atoms. The van der Waals surface area contributed by atoms with Gasteiger partial charge >= 0.3 is 0 Å². The lowest BCUT2D eigenvalue weighted by Gasteiger charge is -2.39. The van der Waals surface area contributed by atoms with Gasteiger partial charge in [-0.05, 0) is 38.0 Å². The average molecular weight is 322 g/mol. The van der Waals surface area contributed by atoms with Crippen LogP contribution in [0.15, 0.2) is 18.2 Å². The number of likely N-dealkylation sites (tertiary alicyclic amines) is 1. The highest BCUT2D eigenvalue weighted by molar-refractivity contribution is 6.32. The number of hydrogen-bond acceptors (Lipinski definition) is 4. The zero-order valence-corrected chi connectivity index (χ0v) is 13.3. The van der Waals surface area contributed by atoms with Gasteiger partial charge in [0.1, 0.15) is 6.07 Å². The van der Waals surface area contributed by atoms with Crippen LogP contribution in [0.3, 0.4) is 0 Å². The first kappa shape index (κ1) is 16.8. The van der Waals surface area contributed by atoms with E-state index < -0.39 is 0 Å². The SMILES string of the molecule is CC1CCCC(CO)N1CC(=O)Nc1ccc(C#N)c(Cl)c1. The van der Waals surface area contributed by atoms with Crippen LogP contribution < -0.4 is 5.32 Å². The number of carbonyl (C=O) groups excluding carboxylic acids is 1. The van der Waals surface area contributed by atoms with E-state index in [2.05, 4.69) is 12.2 Å². The number of piperidine rings is 1. The summed E-state index contributed by atoms with van der Waals surface area (Å²) >= 11 is 5.96. The number of aliphatic hydroxyl groups is 1. The molecule has 1 amide bonds. The first-order valence-corrected chi connectivity index (χ1v) is 7.79. The Bertz CT molecular complexity index is 585. The van der Waals surface area contributed by atoms with E-state index in [1.54, 1.807) is 18.2 Å². The van der Waals surface area contributed by atoms with E-state index in [0.717, 1.165) is 19.3 Å². The fourth-order valence-corrected chi connectivity index (χ4v) is 3.09. The largest absolute Gasteiger partial charge is 0.395 e. The molecule has 1 aromatic carbocycles. The Balaban J connectivity index is 2.00. The number of nitriles is 1. The van der Waals surface area contributed by atoms with Crippen molar-refractivity contribution in [3.63, 3.8) is 0 Å². The number of anilines is 1. The number of halogens is 1. The Morgan fingerprint density at radius 2 is 2.32 bits per heavy atom. The molecule has 2 N–H and O–H groups in total. The number of carbonyl (C=O) groups is 1. The molecule has 1 saturated heterocycles. The Hall–Kier alpha value is -1.61. The van der Waals surface area contributed by atoms with Gasteiger partial charge in [0.15, 0.2) is 0 Å². The van der Waals surface area contributed by atoms with Crippen LogP contribution in [0.1, 0.15) is 31.7 Å². The minimum atomic E-state index is -0.145. The minimum Gasteiger partial charge on any atom is -0.395 e. The van der Waals surface area contributed by atoms with Gasteiger partial charge < -0.3 is 10.4 Å². The molecule has 1 heterocycles. The summed E-state index contributed by atoms with van der Waals surface area (Å²) in [6, 6.07) is 7.11. The summed E-state index contributed by atoms with van der Waals surface area (Å²) in [5.41, 5.74) is 0.948. The lowest BCUT2D eigenvalue weighted by molar-refractivity contribution is -0.119. The molecular weight excluding hydrogens is 302 g/mol. The summed E-state index contributed by atoms with van der Waals surface area (Å²) < 4.78 is 0. The fourth-order valence-electron chi connectivity index (χ4n) is 2.87. The summed E-state index contributed by atoms with van der Waals surface area (Å²) in [6.07, 6.45) is 3.03. The predicted octanol–water partition coefficient (Wildman–Crippen LogP) is 2.39. The summed E-state index contributed by atoms with van der Waals surface area (Å²) in [6.45, 7) is 2.39. The fraction of sp³-hybridized carbons (Fsp3) is 0.500. The molecule has 1 fully saturated rings. The van der Waals surface area contributed by atoms with Crippen molar-refractivity contribution in [1.29, 1.82) is 5.26 Å². The molecule has 0 saturated carbocycles. The van der Waals surface area contributed by atoms with Crippen molar-refractivity contribution >= 4 is 23.2 Å². The van der Waals surface area contributed by atoms with E-state index in [-0.39, 0.29) is 31.1 Å². The molecule has 118 valence electrons. The van der Waals surface area contributed by atoms with Crippen molar-refractivity contribution in [3.05, 3.63) is 28.8 Å². The van der Waals surface area contributed by atoms with E-state index in [1.807, 2.05) is 11.0 Å². The number of rotatable bonds is 4. The zero-order valence-electron chi connectivity index (χ0n) is 12.6. The Morgan fingerprint density at radius 3 is 2.95 bits per heavy atom. The maximum Gasteiger partial charge on any atom is 0.238 e. The van der Waals surface area contributed by atoms with Crippen molar-refractivity contribution in [3.8, 4) is 6.07 Å². The monoisotopic (exact) mass is 321 g/mol. The highest BCUT2D eigenvalue weighted by Gasteiger charge is 2.28. The van der Waals surface area contributed by atoms with E-state index in [4.69, 9.17) is 16.9 Å². The lowest BCUT2D eigenvalue weighted by atomic mass is 9.97. The lowest BCUT2D eigenvalue weighted by Crippen LogP contribution is -2.50. The van der Waals surface area contributed by atoms with Crippen LogP contribution in [0.5, 0.6) is 0 Å². The molecule has 1 aliphatic rings. The van der Waals surface area contributed by atoms with Crippen LogP contribution in [-0.4, -0.2) is 41.1 Å². The standard InChI is InChI=1S/C16H20ClN3O2/c1-11-3-2-4-14(10-21)20(11)9-16(22)19-13-6-5-12(8-18)15(17)7-13/h5-7,11,14,21H,2-4,9-10H2,1H3,(H,19,22). The van der Waals surface area contributed by atoms with Crippen molar-refractivity contribution in [2.45, 2.75) is 38.3 Å². The third-order valence-electron chi connectivity index (χ3n) is 4.10. The molecule has 1 aliphatic heterocycles. The molecule has 5 nitrogen and oxygen atoms in total. The van der Waals surface area contributed by atoms with Crippen LogP contribution >= 0.6 is 11.6 Å². The Labute approximate surface area is 135 Å². The van der Waals surface area contributed by atoms with E-state index in [0.29, 0.717) is 16.3 Å². The summed E-state index contributed by atoms with van der Waals surface area (Å²) in [7, 11) is 0. The number of nitrogens with one attached hydrogen (secondary N) is 1. The van der Waals surface area contributed by atoms with Gasteiger partial charge in [0.05, 0.1) is 23.7 Å². The van der Waals surface area contributed by atoms with Gasteiger partial charge in [-0.15, -0.1) is 0 Å². The predicted molar refractivity (Wildman–Crippen MR) is 85.7 cm³/mol. The maximum absolute atomic E-state index is 12.2. The zero-order chi connectivity index (χ0) is 16.1. The smallest absolute Gasteiger partial charge is 0.238 e. The van der Waals surface area contributed by atoms with Gasteiger partial charge in [-0.2, -0.15) is 5.26 Å². The second-order valence-electron chi connectivity index (χ2n) is 5.64. The van der Waals surface area contributed by atoms with Crippen LogP contribution in [-0.2, 0) is 4.79 Å². The first-order chi connectivity index (χ1) is 10.5. The number of benzene rings is 1. The van der Waals surface area contributed by atoms with E-state index in [9.17, 15) is 9.90 Å². The topological polar surface area (TPSA) is 76.4 Å². The van der Waals surface area contributed by atoms with Crippen molar-refractivity contribution in [2.24, 2.45) is 0 Å². The second kappa shape index (κ2) is 7.59. The third kappa shape index (κ3) is 3.98. The van der Waals surface area contributed by atoms with Crippen LogP contribution in [0.2, 0.25) is 5.02 Å². The number of hydrogen-bond donors (Lipinski definition) is 2. The number of amides is 1. The van der Waals surface area contributed by atoms with Crippen LogP contribution in [0, 0.1) is 11.3 Å². The Morgan fingerprint density at radius 1 is 1.55 bits per heavy atom. The second-order valence-corrected chi connectivity index (χ2v) is 6.05. The van der Waals surface area contributed by atoms with Gasteiger partial charge in [-0.3, -0.25) is 9.69 Å². The van der Waals surface area contributed by atoms with Crippen LogP contribution in [0.4, 0.5) is 5.69 Å². The van der Waals surface area contributed by atoms with Gasteiger partial charge in [-0.1, -0.05) is 18.0 Å². The van der Waals surface area contributed by atoms with Crippen LogP contribution in [0.25, 0.3) is 0 Å². The molecule has 22 heavy (non-hydrogen) atoms. The quantitative estimate of drug-likeness (QED) is 0.892. The van der Waals surface area contributed by atoms with Crippen molar-refractivity contribution < 1.29 is 9.90 Å². The highest BCUT2D eigenvalue weighted by atomic mass is 35.5. The van der Waals surface area contributed by atoms with E-state index in [1.165, 1.54) is 0 Å². The van der Waals surface area contributed by atoms with Crippen molar-refractivity contribution in [1.82, 2.24) is 4.90 Å². The summed E-state index contributed by atoms with van der Waals surface area (Å²) in [5, 5.41) is 21.4. The van der Waals surface area contributed by atoms with Gasteiger partial charge in [0, 0.05) is 17.8 Å². The molecule has 2 atom stereocenters. The van der Waals surface area contributed by atoms with Gasteiger partial charge in [-0.25, -0.2) is 0 Å². The molecule has 6 heteroatoms. The normalized spacial score (nSPS) is 22.1. The maximum atomic E-state index is 12.2. The van der Waals surface area contributed by atoms with Crippen molar-refractivity contribution in [2.75, 3.05) is 18.5 Å². The Kier molecular flexibility index (Phi) is 5.78. The summed E-state index contributed by atoms with van der Waals surface area (Å²) in [5.74, 6) is -0.145. The molecule has 2 rings (SSSR count). The number of nitrogens with zero attached hydrogens (tertiary/aromatic N) is 2. The van der Waals surface area contributed by atoms with Gasteiger partial charge in [0.25, 0.3) is 0 Å². The average Bonchev–Trinajstić information content (AvgIpc) is 2.49. The molecule has 0 aliphatic carbocycles. The number of aliphatic hydroxyl groups excluding tert-OH is 1. The first-order valence-electron chi connectivity index (χ1n) is 7.41. The van der Waals surface area contributed by atoms with E-state index >= 15 is 0 Å². The minimum absolute atomic E-state index is 0.0408. The molecule has 1 aromatic rings. The molecule has 0 radical (unpaired) electrons. The highest BCUT2D eigenvalue weighted by Crippen LogP contribution is 2.23. The third-order valence-corrected chi connectivity index (χ3v) is 4.42. The molecular formula is C16H20ClN3O2. The van der Waals surface area contributed by atoms with Gasteiger partial charge in [0.2, 0.25) is 5.91 Å². The molecule has 0 bridgehead atoms. The molecule has 2 unspecified atom stereocenters.